The summed E-state index contributed by atoms with van der Waals surface area (Å²) in [6.45, 7) is -0.587. The van der Waals surface area contributed by atoms with Gasteiger partial charge in [-0.15, -0.1) is 0 Å². The van der Waals surface area contributed by atoms with Crippen LogP contribution in [0.1, 0.15) is 36.8 Å². The van der Waals surface area contributed by atoms with E-state index in [2.05, 4.69) is 21.2 Å². The Hall–Kier alpha value is -3.37. The number of hydrogen-bond acceptors (Lipinski definition) is 4. The molecule has 0 aromatic heterocycles. The minimum atomic E-state index is -4.18. The van der Waals surface area contributed by atoms with Crippen molar-refractivity contribution in [1.29, 1.82) is 0 Å². The van der Waals surface area contributed by atoms with Crippen molar-refractivity contribution in [2.24, 2.45) is 0 Å². The summed E-state index contributed by atoms with van der Waals surface area (Å²) in [6.07, 6.45) is 4.01. The molecule has 1 aliphatic carbocycles. The van der Waals surface area contributed by atoms with Crippen LogP contribution in [0.4, 0.5) is 5.69 Å². The summed E-state index contributed by atoms with van der Waals surface area (Å²) in [5.41, 5.74) is 1.74. The Morgan fingerprint density at radius 1 is 0.870 bits per heavy atom. The van der Waals surface area contributed by atoms with E-state index >= 15 is 0 Å². The zero-order valence-corrected chi connectivity index (χ0v) is 28.9. The van der Waals surface area contributed by atoms with Crippen molar-refractivity contribution in [2.45, 2.75) is 55.6 Å². The number of anilines is 1. The van der Waals surface area contributed by atoms with Crippen LogP contribution in [0.5, 0.6) is 0 Å². The first-order valence-electron chi connectivity index (χ1n) is 15.0. The molecule has 0 saturated heterocycles. The summed E-state index contributed by atoms with van der Waals surface area (Å²) >= 11 is 16.2. The maximum atomic E-state index is 14.6. The van der Waals surface area contributed by atoms with Gasteiger partial charge in [0.2, 0.25) is 11.8 Å². The predicted molar refractivity (Wildman–Crippen MR) is 186 cm³/mol. The Labute approximate surface area is 288 Å². The molecular formula is C35H34BrCl2N3O4S. The summed E-state index contributed by atoms with van der Waals surface area (Å²) in [6, 6.07) is 28.1. The van der Waals surface area contributed by atoms with Gasteiger partial charge in [0.05, 0.1) is 10.6 Å². The number of benzene rings is 4. The average molecular weight is 744 g/mol. The van der Waals surface area contributed by atoms with Gasteiger partial charge < -0.3 is 10.2 Å². The first-order valence-corrected chi connectivity index (χ1v) is 18.0. The molecular weight excluding hydrogens is 709 g/mol. The minimum absolute atomic E-state index is 0.0135. The SMILES string of the molecule is O=C(NC1CCCC1)C(Cc1ccccc1)N(Cc1ccc(Cl)cc1Cl)C(=O)CN(c1ccc(Br)cc1)S(=O)(=O)c1ccccc1. The van der Waals surface area contributed by atoms with Gasteiger partial charge in [0, 0.05) is 33.5 Å². The van der Waals surface area contributed by atoms with Crippen LogP contribution in [-0.4, -0.2) is 43.8 Å². The summed E-state index contributed by atoms with van der Waals surface area (Å²) in [5, 5.41) is 3.93. The number of carbonyl (C=O) groups is 2. The average Bonchev–Trinajstić information content (AvgIpc) is 3.57. The second-order valence-electron chi connectivity index (χ2n) is 11.3. The van der Waals surface area contributed by atoms with Gasteiger partial charge in [0.25, 0.3) is 10.0 Å². The van der Waals surface area contributed by atoms with Crippen LogP contribution >= 0.6 is 39.1 Å². The Bertz CT molecular complexity index is 1750. The van der Waals surface area contributed by atoms with Crippen LogP contribution in [0.15, 0.2) is 112 Å². The minimum Gasteiger partial charge on any atom is -0.352 e. The topological polar surface area (TPSA) is 86.8 Å². The molecule has 0 aliphatic heterocycles. The van der Waals surface area contributed by atoms with Crippen molar-refractivity contribution in [3.05, 3.63) is 129 Å². The third kappa shape index (κ3) is 8.50. The fourth-order valence-electron chi connectivity index (χ4n) is 5.61. The zero-order valence-electron chi connectivity index (χ0n) is 25.0. The van der Waals surface area contributed by atoms with Crippen LogP contribution in [0.2, 0.25) is 10.0 Å². The zero-order chi connectivity index (χ0) is 32.7. The number of nitrogens with one attached hydrogen (secondary N) is 1. The molecule has 240 valence electrons. The molecule has 1 fully saturated rings. The molecule has 2 amide bonds. The van der Waals surface area contributed by atoms with Crippen LogP contribution in [0, 0.1) is 0 Å². The highest BCUT2D eigenvalue weighted by molar-refractivity contribution is 9.10. The van der Waals surface area contributed by atoms with Crippen molar-refractivity contribution in [1.82, 2.24) is 10.2 Å². The van der Waals surface area contributed by atoms with Crippen LogP contribution in [0.3, 0.4) is 0 Å². The van der Waals surface area contributed by atoms with E-state index in [1.54, 1.807) is 60.7 Å². The first kappa shape index (κ1) is 34.0. The summed E-state index contributed by atoms with van der Waals surface area (Å²) in [7, 11) is -4.18. The lowest BCUT2D eigenvalue weighted by atomic mass is 10.0. The number of hydrogen-bond donors (Lipinski definition) is 1. The third-order valence-electron chi connectivity index (χ3n) is 8.05. The standard InChI is InChI=1S/C35H34BrCl2N3O4S/c36-27-16-19-30(20-17-27)41(46(44,45)31-13-5-2-6-14-31)24-34(42)40(23-26-15-18-28(37)22-32(26)38)33(21-25-9-3-1-4-10-25)35(43)39-29-11-7-8-12-29/h1-6,9-10,13-20,22,29,33H,7-8,11-12,21,23-24H2,(H,39,43). The molecule has 46 heavy (non-hydrogen) atoms. The van der Waals surface area contributed by atoms with Gasteiger partial charge in [-0.25, -0.2) is 8.42 Å². The second kappa shape index (κ2) is 15.5. The molecule has 1 aliphatic rings. The highest BCUT2D eigenvalue weighted by Gasteiger charge is 2.35. The fraction of sp³-hybridized carbons (Fsp3) is 0.257. The monoisotopic (exact) mass is 741 g/mol. The maximum absolute atomic E-state index is 14.6. The lowest BCUT2D eigenvalue weighted by Gasteiger charge is -2.34. The fourth-order valence-corrected chi connectivity index (χ4v) is 7.78. The van der Waals surface area contributed by atoms with Gasteiger partial charge in [-0.3, -0.25) is 13.9 Å². The van der Waals surface area contributed by atoms with Crippen molar-refractivity contribution >= 4 is 66.7 Å². The quantitative estimate of drug-likeness (QED) is 0.162. The second-order valence-corrected chi connectivity index (χ2v) is 14.9. The normalized spacial score (nSPS) is 14.1. The molecule has 1 unspecified atom stereocenters. The molecule has 4 aromatic rings. The highest BCUT2D eigenvalue weighted by Crippen LogP contribution is 2.28. The summed E-state index contributed by atoms with van der Waals surface area (Å²) < 4.78 is 30.0. The van der Waals surface area contributed by atoms with Gasteiger partial charge in [0.1, 0.15) is 12.6 Å². The Morgan fingerprint density at radius 2 is 1.50 bits per heavy atom. The van der Waals surface area contributed by atoms with Crippen LogP contribution < -0.4 is 9.62 Å². The highest BCUT2D eigenvalue weighted by atomic mass is 79.9. The summed E-state index contributed by atoms with van der Waals surface area (Å²) in [5.74, 6) is -0.855. The van der Waals surface area contributed by atoms with Gasteiger partial charge in [0.15, 0.2) is 0 Å². The van der Waals surface area contributed by atoms with Crippen LogP contribution in [-0.2, 0) is 32.6 Å². The Morgan fingerprint density at radius 3 is 2.13 bits per heavy atom. The molecule has 5 rings (SSSR count). The number of rotatable bonds is 12. The molecule has 0 heterocycles. The number of nitrogens with zero attached hydrogens (tertiary/aromatic N) is 2. The predicted octanol–water partition coefficient (Wildman–Crippen LogP) is 7.65. The van der Waals surface area contributed by atoms with Gasteiger partial charge in [-0.2, -0.15) is 0 Å². The van der Waals surface area contributed by atoms with Crippen molar-refractivity contribution in [3.63, 3.8) is 0 Å². The maximum Gasteiger partial charge on any atom is 0.264 e. The molecule has 4 aromatic carbocycles. The summed E-state index contributed by atoms with van der Waals surface area (Å²) in [4.78, 5) is 30.2. The van der Waals surface area contributed by atoms with E-state index < -0.39 is 28.5 Å². The van der Waals surface area contributed by atoms with E-state index in [4.69, 9.17) is 23.2 Å². The molecule has 1 atom stereocenters. The molecule has 0 radical (unpaired) electrons. The molecule has 7 nitrogen and oxygen atoms in total. The molecule has 1 N–H and O–H groups in total. The van der Waals surface area contributed by atoms with E-state index in [-0.39, 0.29) is 29.8 Å². The van der Waals surface area contributed by atoms with E-state index in [9.17, 15) is 18.0 Å². The molecule has 11 heteroatoms. The lowest BCUT2D eigenvalue weighted by molar-refractivity contribution is -0.140. The van der Waals surface area contributed by atoms with Gasteiger partial charge in [-0.05, 0) is 72.5 Å². The van der Waals surface area contributed by atoms with Crippen molar-refractivity contribution < 1.29 is 18.0 Å². The largest absolute Gasteiger partial charge is 0.352 e. The van der Waals surface area contributed by atoms with Gasteiger partial charge >= 0.3 is 0 Å². The molecule has 0 spiro atoms. The first-order chi connectivity index (χ1) is 22.1. The number of halogens is 3. The number of amides is 2. The van der Waals surface area contributed by atoms with Crippen LogP contribution in [0.25, 0.3) is 0 Å². The Kier molecular flexibility index (Phi) is 11.4. The molecule has 1 saturated carbocycles. The van der Waals surface area contributed by atoms with E-state index in [1.807, 2.05) is 30.3 Å². The van der Waals surface area contributed by atoms with E-state index in [0.717, 1.165) is 40.0 Å². The van der Waals surface area contributed by atoms with Crippen molar-refractivity contribution in [3.8, 4) is 0 Å². The van der Waals surface area contributed by atoms with E-state index in [1.165, 1.54) is 17.0 Å². The number of carbonyl (C=O) groups excluding carboxylic acids is 2. The van der Waals surface area contributed by atoms with Crippen molar-refractivity contribution in [2.75, 3.05) is 10.8 Å². The van der Waals surface area contributed by atoms with Gasteiger partial charge in [-0.1, -0.05) is 107 Å². The smallest absolute Gasteiger partial charge is 0.264 e. The van der Waals surface area contributed by atoms with E-state index in [0.29, 0.717) is 21.3 Å². The molecule has 0 bridgehead atoms. The third-order valence-corrected chi connectivity index (χ3v) is 11.0. The number of sulfonamides is 1. The Balaban J connectivity index is 1.57. The lowest BCUT2D eigenvalue weighted by Crippen LogP contribution is -2.54.